The molecule has 2 aromatic rings. The van der Waals surface area contributed by atoms with Crippen molar-refractivity contribution in [2.45, 2.75) is 24.8 Å². The number of hydrogen-bond donors (Lipinski definition) is 2. The summed E-state index contributed by atoms with van der Waals surface area (Å²) in [6, 6.07) is 12.8. The molecule has 0 saturated carbocycles. The molecule has 2 N–H and O–H groups in total. The van der Waals surface area contributed by atoms with E-state index in [1.807, 2.05) is 37.3 Å². The second kappa shape index (κ2) is 8.31. The molecule has 0 unspecified atom stereocenters. The average molecular weight is 446 g/mol. The van der Waals surface area contributed by atoms with Crippen LogP contribution in [0.5, 0.6) is 5.75 Å². The number of aliphatic imine (C=N–C) groups is 1. The molecule has 0 radical (unpaired) electrons. The summed E-state index contributed by atoms with van der Waals surface area (Å²) in [5, 5.41) is 6.88. The molecule has 1 fully saturated rings. The fourth-order valence-corrected chi connectivity index (χ4v) is 7.16. The molecule has 30 heavy (non-hydrogen) atoms. The van der Waals surface area contributed by atoms with Crippen molar-refractivity contribution in [1.29, 1.82) is 0 Å². The van der Waals surface area contributed by atoms with E-state index in [1.54, 1.807) is 19.2 Å². The highest BCUT2D eigenvalue weighted by Gasteiger charge is 2.42. The Morgan fingerprint density at radius 2 is 2.07 bits per heavy atom. The van der Waals surface area contributed by atoms with E-state index in [0.29, 0.717) is 17.3 Å². The van der Waals surface area contributed by atoms with Gasteiger partial charge in [0.05, 0.1) is 24.7 Å². The van der Waals surface area contributed by atoms with Crippen LogP contribution in [0.4, 0.5) is 5.69 Å². The smallest absolute Gasteiger partial charge is 0.251 e. The van der Waals surface area contributed by atoms with Crippen molar-refractivity contribution in [2.24, 2.45) is 4.99 Å². The molecule has 158 valence electrons. The third-order valence-electron chi connectivity index (χ3n) is 5.15. The minimum absolute atomic E-state index is 0.0212. The normalized spacial score (nSPS) is 21.6. The number of amidine groups is 1. The molecule has 1 saturated heterocycles. The fourth-order valence-electron chi connectivity index (χ4n) is 3.50. The second-order valence-electron chi connectivity index (χ2n) is 7.42. The number of carbonyl (C=O) groups excluding carboxylic acids is 1. The number of nitrogens with one attached hydrogen (secondary N) is 2. The number of methoxy groups -OCH3 is 1. The van der Waals surface area contributed by atoms with Crippen LogP contribution >= 0.6 is 11.8 Å². The number of ether oxygens (including phenoxy) is 1. The lowest BCUT2D eigenvalue weighted by Gasteiger charge is -2.12. The SMILES string of the molecule is COc1cccc(CNC(=O)c2ccc(C)c(NC3=N[C@H]4CS(=O)(=O)C[C@@H]4S3)c2)c1. The Balaban J connectivity index is 1.42. The van der Waals surface area contributed by atoms with Crippen LogP contribution in [0.1, 0.15) is 21.5 Å². The summed E-state index contributed by atoms with van der Waals surface area (Å²) in [7, 11) is -1.37. The van der Waals surface area contributed by atoms with Crippen LogP contribution in [0.15, 0.2) is 47.5 Å². The number of aryl methyl sites for hydroxylation is 1. The summed E-state index contributed by atoms with van der Waals surface area (Å²) >= 11 is 1.46. The minimum atomic E-state index is -2.98. The predicted octanol–water partition coefficient (Wildman–Crippen LogP) is 2.61. The van der Waals surface area contributed by atoms with Crippen molar-refractivity contribution in [3.8, 4) is 5.75 Å². The zero-order valence-corrected chi connectivity index (χ0v) is 18.3. The number of carbonyl (C=O) groups is 1. The number of anilines is 1. The Bertz CT molecular complexity index is 1110. The Labute approximate surface area is 180 Å². The molecule has 0 aromatic heterocycles. The monoisotopic (exact) mass is 445 g/mol. The maximum Gasteiger partial charge on any atom is 0.251 e. The zero-order valence-electron chi connectivity index (χ0n) is 16.7. The van der Waals surface area contributed by atoms with E-state index in [2.05, 4.69) is 15.6 Å². The number of nitrogens with zero attached hydrogens (tertiary/aromatic N) is 1. The Kier molecular flexibility index (Phi) is 5.75. The lowest BCUT2D eigenvalue weighted by atomic mass is 10.1. The van der Waals surface area contributed by atoms with E-state index < -0.39 is 9.84 Å². The second-order valence-corrected chi connectivity index (χ2v) is 10.8. The highest BCUT2D eigenvalue weighted by molar-refractivity contribution is 8.15. The van der Waals surface area contributed by atoms with Crippen molar-refractivity contribution in [3.63, 3.8) is 0 Å². The van der Waals surface area contributed by atoms with Gasteiger partial charge in [0, 0.05) is 23.0 Å². The molecule has 0 bridgehead atoms. The van der Waals surface area contributed by atoms with Gasteiger partial charge in [0.2, 0.25) is 0 Å². The molecule has 0 spiro atoms. The molecular weight excluding hydrogens is 422 g/mol. The molecule has 2 atom stereocenters. The van der Waals surface area contributed by atoms with Gasteiger partial charge in [-0.15, -0.1) is 0 Å². The fraction of sp³-hybridized carbons (Fsp3) is 0.333. The number of fused-ring (bicyclic) bond motifs is 1. The van der Waals surface area contributed by atoms with Gasteiger partial charge in [0.15, 0.2) is 15.0 Å². The van der Waals surface area contributed by atoms with E-state index in [-0.39, 0.29) is 28.7 Å². The number of hydrogen-bond acceptors (Lipinski definition) is 7. The first-order valence-electron chi connectivity index (χ1n) is 9.57. The third-order valence-corrected chi connectivity index (χ3v) is 8.29. The predicted molar refractivity (Wildman–Crippen MR) is 120 cm³/mol. The molecule has 1 amide bonds. The molecular formula is C21H23N3O4S2. The first-order valence-corrected chi connectivity index (χ1v) is 12.3. The molecule has 0 aliphatic carbocycles. The molecule has 2 aliphatic rings. The number of rotatable bonds is 5. The van der Waals surface area contributed by atoms with E-state index in [1.165, 1.54) is 11.8 Å². The Hall–Kier alpha value is -2.52. The highest BCUT2D eigenvalue weighted by Crippen LogP contribution is 2.35. The number of sulfone groups is 1. The van der Waals surface area contributed by atoms with Gasteiger partial charge in [-0.05, 0) is 42.3 Å². The van der Waals surface area contributed by atoms with Crippen molar-refractivity contribution in [1.82, 2.24) is 5.32 Å². The van der Waals surface area contributed by atoms with E-state index >= 15 is 0 Å². The van der Waals surface area contributed by atoms with Crippen molar-refractivity contribution >= 4 is 38.4 Å². The van der Waals surface area contributed by atoms with Gasteiger partial charge in [0.1, 0.15) is 5.75 Å². The number of benzene rings is 2. The maximum atomic E-state index is 12.6. The van der Waals surface area contributed by atoms with Crippen LogP contribution in [0.3, 0.4) is 0 Å². The van der Waals surface area contributed by atoms with E-state index in [4.69, 9.17) is 4.74 Å². The van der Waals surface area contributed by atoms with Gasteiger partial charge in [0.25, 0.3) is 5.91 Å². The van der Waals surface area contributed by atoms with Crippen LogP contribution in [0, 0.1) is 6.92 Å². The Morgan fingerprint density at radius 3 is 2.83 bits per heavy atom. The van der Waals surface area contributed by atoms with Crippen molar-refractivity contribution < 1.29 is 17.9 Å². The number of thioether (sulfide) groups is 1. The van der Waals surface area contributed by atoms with Crippen LogP contribution < -0.4 is 15.4 Å². The summed E-state index contributed by atoms with van der Waals surface area (Å²) < 4.78 is 28.7. The topological polar surface area (TPSA) is 96.9 Å². The largest absolute Gasteiger partial charge is 0.497 e. The quantitative estimate of drug-likeness (QED) is 0.734. The van der Waals surface area contributed by atoms with Gasteiger partial charge in [-0.3, -0.25) is 9.79 Å². The van der Waals surface area contributed by atoms with Crippen molar-refractivity contribution in [2.75, 3.05) is 23.9 Å². The van der Waals surface area contributed by atoms with E-state index in [0.717, 1.165) is 22.6 Å². The standard InChI is InChI=1S/C21H23N3O4S2/c1-13-6-7-15(20(25)22-10-14-4-3-5-16(8-14)28-2)9-17(13)23-21-24-18-11-30(26,27)12-19(18)29-21/h3-9,18-19H,10-12H2,1-2H3,(H,22,25)(H,23,24)/t18-,19-/m0/s1. The van der Waals surface area contributed by atoms with Gasteiger partial charge >= 0.3 is 0 Å². The summed E-state index contributed by atoms with van der Waals surface area (Å²) in [5.74, 6) is 0.852. The third kappa shape index (κ3) is 4.62. The molecule has 7 nitrogen and oxygen atoms in total. The summed E-state index contributed by atoms with van der Waals surface area (Å²) in [6.45, 7) is 2.35. The van der Waals surface area contributed by atoms with Gasteiger partial charge in [-0.2, -0.15) is 0 Å². The summed E-state index contributed by atoms with van der Waals surface area (Å²) in [6.07, 6.45) is 0. The van der Waals surface area contributed by atoms with E-state index in [9.17, 15) is 13.2 Å². The maximum absolute atomic E-state index is 12.6. The molecule has 2 aromatic carbocycles. The van der Waals surface area contributed by atoms with Crippen LogP contribution in [0.25, 0.3) is 0 Å². The number of amides is 1. The first kappa shape index (κ1) is 20.7. The van der Waals surface area contributed by atoms with Crippen LogP contribution in [0.2, 0.25) is 0 Å². The first-order chi connectivity index (χ1) is 14.3. The molecule has 4 rings (SSSR count). The summed E-state index contributed by atoms with van der Waals surface area (Å²) in [4.78, 5) is 17.2. The lowest BCUT2D eigenvalue weighted by molar-refractivity contribution is 0.0951. The summed E-state index contributed by atoms with van der Waals surface area (Å²) in [5.41, 5.74) is 3.26. The van der Waals surface area contributed by atoms with Gasteiger partial charge in [-0.1, -0.05) is 30.0 Å². The molecule has 9 heteroatoms. The lowest BCUT2D eigenvalue weighted by Crippen LogP contribution is -2.23. The zero-order chi connectivity index (χ0) is 21.3. The van der Waals surface area contributed by atoms with Crippen LogP contribution in [-0.4, -0.2) is 49.4 Å². The minimum Gasteiger partial charge on any atom is -0.497 e. The van der Waals surface area contributed by atoms with Gasteiger partial charge < -0.3 is 15.4 Å². The molecule has 2 heterocycles. The molecule has 2 aliphatic heterocycles. The highest BCUT2D eigenvalue weighted by atomic mass is 32.2. The van der Waals surface area contributed by atoms with Crippen LogP contribution in [-0.2, 0) is 16.4 Å². The average Bonchev–Trinajstić information content (AvgIpc) is 3.20. The van der Waals surface area contributed by atoms with Crippen molar-refractivity contribution in [3.05, 3.63) is 59.2 Å². The van der Waals surface area contributed by atoms with Gasteiger partial charge in [-0.25, -0.2) is 8.42 Å². The Morgan fingerprint density at radius 1 is 1.23 bits per heavy atom.